The average molecular weight is 184 g/mol. The second-order valence-corrected chi connectivity index (χ2v) is 4.20. The number of carboxylic acid groups (broad SMARTS) is 2. The smallest absolute Gasteiger partial charge is 0.310 e. The van der Waals surface area contributed by atoms with Crippen LogP contribution in [0.4, 0.5) is 0 Å². The quantitative estimate of drug-likeness (QED) is 0.670. The number of aliphatic carboxylic acids is 2. The molecule has 2 N–H and O–H groups in total. The van der Waals surface area contributed by atoms with Crippen molar-refractivity contribution in [1.82, 2.24) is 0 Å². The van der Waals surface area contributed by atoms with E-state index in [1.54, 1.807) is 0 Å². The Bertz CT molecular complexity index is 265. The minimum absolute atomic E-state index is 0.465. The lowest BCUT2D eigenvalue weighted by atomic mass is 9.49. The maximum atomic E-state index is 11.0. The van der Waals surface area contributed by atoms with Crippen LogP contribution in [0.25, 0.3) is 0 Å². The van der Waals surface area contributed by atoms with Gasteiger partial charge in [0.05, 0.1) is 11.3 Å². The van der Waals surface area contributed by atoms with Crippen LogP contribution in [0.2, 0.25) is 0 Å². The third kappa shape index (κ3) is 0.975. The molecule has 3 saturated carbocycles. The van der Waals surface area contributed by atoms with Gasteiger partial charge in [-0.1, -0.05) is 0 Å². The molecule has 3 aliphatic carbocycles. The molecule has 0 spiro atoms. The summed E-state index contributed by atoms with van der Waals surface area (Å²) in [6.07, 6.45) is 2.55. The molecular formula is C9H12O4. The standard InChI is InChI=1S/C9H12O4/c10-7(11)6-2-1-5-3-9(6,4-5)8(12)13/h5-6H,1-4H2,(H,10,11)(H,12,13). The molecule has 0 aromatic rings. The summed E-state index contributed by atoms with van der Waals surface area (Å²) in [6.45, 7) is 0. The van der Waals surface area contributed by atoms with Gasteiger partial charge in [0.25, 0.3) is 0 Å². The number of hydrogen-bond donors (Lipinski definition) is 2. The van der Waals surface area contributed by atoms with Crippen LogP contribution >= 0.6 is 0 Å². The molecule has 3 fully saturated rings. The number of rotatable bonds is 2. The molecular weight excluding hydrogens is 172 g/mol. The van der Waals surface area contributed by atoms with Gasteiger partial charge < -0.3 is 10.2 Å². The van der Waals surface area contributed by atoms with E-state index in [0.717, 1.165) is 6.42 Å². The van der Waals surface area contributed by atoms with Gasteiger partial charge in [0.2, 0.25) is 0 Å². The first-order valence-corrected chi connectivity index (χ1v) is 4.52. The molecule has 4 heteroatoms. The molecule has 0 aromatic carbocycles. The van der Waals surface area contributed by atoms with Crippen molar-refractivity contribution < 1.29 is 19.8 Å². The van der Waals surface area contributed by atoms with E-state index in [4.69, 9.17) is 10.2 Å². The Morgan fingerprint density at radius 1 is 1.15 bits per heavy atom. The molecule has 13 heavy (non-hydrogen) atoms. The molecule has 0 heterocycles. The van der Waals surface area contributed by atoms with Gasteiger partial charge in [0.1, 0.15) is 0 Å². The van der Waals surface area contributed by atoms with Gasteiger partial charge in [-0.15, -0.1) is 0 Å². The Balaban J connectivity index is 2.25. The zero-order chi connectivity index (χ0) is 9.64. The van der Waals surface area contributed by atoms with Crippen molar-refractivity contribution in [2.75, 3.05) is 0 Å². The van der Waals surface area contributed by atoms with E-state index < -0.39 is 23.3 Å². The molecule has 1 unspecified atom stereocenters. The van der Waals surface area contributed by atoms with Gasteiger partial charge in [-0.3, -0.25) is 9.59 Å². The lowest BCUT2D eigenvalue weighted by Crippen LogP contribution is -2.55. The normalized spacial score (nSPS) is 42.2. The lowest BCUT2D eigenvalue weighted by molar-refractivity contribution is -0.182. The first-order valence-electron chi connectivity index (χ1n) is 4.52. The summed E-state index contributed by atoms with van der Waals surface area (Å²) in [5.74, 6) is -2.06. The summed E-state index contributed by atoms with van der Waals surface area (Å²) in [7, 11) is 0. The van der Waals surface area contributed by atoms with E-state index in [-0.39, 0.29) is 0 Å². The summed E-state index contributed by atoms with van der Waals surface area (Å²) in [4.78, 5) is 21.8. The van der Waals surface area contributed by atoms with Crippen LogP contribution in [-0.4, -0.2) is 22.2 Å². The van der Waals surface area contributed by atoms with Gasteiger partial charge in [0.15, 0.2) is 0 Å². The molecule has 3 rings (SSSR count). The highest BCUT2D eigenvalue weighted by Crippen LogP contribution is 2.58. The fraction of sp³-hybridized carbons (Fsp3) is 0.778. The Labute approximate surface area is 75.6 Å². The lowest BCUT2D eigenvalue weighted by Gasteiger charge is -2.52. The molecule has 0 amide bonds. The SMILES string of the molecule is O=C(O)C1CCC2CC1(C(=O)O)C2. The van der Waals surface area contributed by atoms with Crippen molar-refractivity contribution in [2.45, 2.75) is 25.7 Å². The predicted molar refractivity (Wildman–Crippen MR) is 43.2 cm³/mol. The van der Waals surface area contributed by atoms with Gasteiger partial charge in [-0.05, 0) is 31.6 Å². The maximum Gasteiger partial charge on any atom is 0.310 e. The van der Waals surface area contributed by atoms with Crippen LogP contribution in [0, 0.1) is 17.3 Å². The third-order valence-electron chi connectivity index (χ3n) is 3.56. The van der Waals surface area contributed by atoms with Crippen molar-refractivity contribution in [1.29, 1.82) is 0 Å². The van der Waals surface area contributed by atoms with Gasteiger partial charge >= 0.3 is 11.9 Å². The Morgan fingerprint density at radius 3 is 2.15 bits per heavy atom. The fourth-order valence-electron chi connectivity index (χ4n) is 2.82. The molecule has 2 bridgehead atoms. The zero-order valence-electron chi connectivity index (χ0n) is 7.19. The summed E-state index contributed by atoms with van der Waals surface area (Å²) < 4.78 is 0. The minimum Gasteiger partial charge on any atom is -0.481 e. The van der Waals surface area contributed by atoms with E-state index in [1.165, 1.54) is 0 Å². The van der Waals surface area contributed by atoms with Crippen LogP contribution in [0.5, 0.6) is 0 Å². The second-order valence-electron chi connectivity index (χ2n) is 4.20. The fourth-order valence-corrected chi connectivity index (χ4v) is 2.82. The Hall–Kier alpha value is -1.06. The number of fused-ring (bicyclic) bond motifs is 2. The van der Waals surface area contributed by atoms with Crippen LogP contribution in [0.3, 0.4) is 0 Å². The number of carboxylic acids is 2. The average Bonchev–Trinajstić information content (AvgIpc) is 2.01. The van der Waals surface area contributed by atoms with Crippen molar-refractivity contribution in [3.63, 3.8) is 0 Å². The van der Waals surface area contributed by atoms with E-state index >= 15 is 0 Å². The molecule has 0 saturated heterocycles. The molecule has 3 aliphatic rings. The summed E-state index contributed by atoms with van der Waals surface area (Å²) in [5, 5.41) is 17.9. The van der Waals surface area contributed by atoms with Crippen molar-refractivity contribution in [3.05, 3.63) is 0 Å². The van der Waals surface area contributed by atoms with Crippen molar-refractivity contribution in [3.8, 4) is 0 Å². The summed E-state index contributed by atoms with van der Waals surface area (Å²) >= 11 is 0. The second kappa shape index (κ2) is 2.47. The van der Waals surface area contributed by atoms with Crippen molar-refractivity contribution in [2.24, 2.45) is 17.3 Å². The molecule has 0 aromatic heterocycles. The first-order chi connectivity index (χ1) is 6.06. The highest BCUT2D eigenvalue weighted by Gasteiger charge is 2.60. The van der Waals surface area contributed by atoms with E-state index in [2.05, 4.69) is 0 Å². The van der Waals surface area contributed by atoms with Crippen LogP contribution in [0.1, 0.15) is 25.7 Å². The Kier molecular flexibility index (Phi) is 1.62. The highest BCUT2D eigenvalue weighted by molar-refractivity contribution is 5.84. The van der Waals surface area contributed by atoms with E-state index in [9.17, 15) is 9.59 Å². The molecule has 0 radical (unpaired) electrons. The van der Waals surface area contributed by atoms with E-state index in [1.807, 2.05) is 0 Å². The highest BCUT2D eigenvalue weighted by atomic mass is 16.4. The minimum atomic E-state index is -0.944. The largest absolute Gasteiger partial charge is 0.481 e. The summed E-state index contributed by atoms with van der Waals surface area (Å²) in [6, 6.07) is 0. The maximum absolute atomic E-state index is 11.0. The van der Waals surface area contributed by atoms with Crippen LogP contribution in [-0.2, 0) is 9.59 Å². The van der Waals surface area contributed by atoms with Gasteiger partial charge in [0, 0.05) is 0 Å². The molecule has 72 valence electrons. The molecule has 1 atom stereocenters. The van der Waals surface area contributed by atoms with Gasteiger partial charge in [-0.2, -0.15) is 0 Å². The predicted octanol–water partition coefficient (Wildman–Crippen LogP) is 0.962. The molecule has 4 nitrogen and oxygen atoms in total. The monoisotopic (exact) mass is 184 g/mol. The van der Waals surface area contributed by atoms with Crippen LogP contribution < -0.4 is 0 Å². The van der Waals surface area contributed by atoms with Crippen molar-refractivity contribution >= 4 is 11.9 Å². The topological polar surface area (TPSA) is 74.6 Å². The van der Waals surface area contributed by atoms with E-state index in [0.29, 0.717) is 25.2 Å². The Morgan fingerprint density at radius 2 is 1.77 bits per heavy atom. The zero-order valence-corrected chi connectivity index (χ0v) is 7.19. The third-order valence-corrected chi connectivity index (χ3v) is 3.56. The van der Waals surface area contributed by atoms with Gasteiger partial charge in [-0.25, -0.2) is 0 Å². The van der Waals surface area contributed by atoms with Crippen LogP contribution in [0.15, 0.2) is 0 Å². The first kappa shape index (κ1) is 8.53. The summed E-state index contributed by atoms with van der Waals surface area (Å²) in [5.41, 5.74) is -0.922. The number of hydrogen-bond acceptors (Lipinski definition) is 2. The number of carbonyl (C=O) groups is 2. The molecule has 0 aliphatic heterocycles.